The van der Waals surface area contributed by atoms with Gasteiger partial charge in [-0.25, -0.2) is 9.59 Å². The van der Waals surface area contributed by atoms with E-state index in [-0.39, 0.29) is 19.4 Å². The zero-order chi connectivity index (χ0) is 24.6. The Morgan fingerprint density at radius 3 is 2.00 bits per heavy atom. The number of hydrogen-bond acceptors (Lipinski definition) is 6. The second-order valence-electron chi connectivity index (χ2n) is 9.05. The molecule has 8 heteroatoms. The third kappa shape index (κ3) is 11.5. The van der Waals surface area contributed by atoms with Crippen molar-refractivity contribution in [2.45, 2.75) is 102 Å². The van der Waals surface area contributed by atoms with Crippen molar-refractivity contribution in [3.63, 3.8) is 0 Å². The second kappa shape index (κ2) is 16.1. The number of esters is 1. The SMILES string of the molecule is C1CCC(NC2CCCCC2)CC1.COC(=O)[C@@H](CCC(=O)O)NC(=O)OCc1ccccc1. The fourth-order valence-electron chi connectivity index (χ4n) is 4.44. The highest BCUT2D eigenvalue weighted by Crippen LogP contribution is 2.22. The Balaban J connectivity index is 0.000000266. The zero-order valence-electron chi connectivity index (χ0n) is 20.3. The summed E-state index contributed by atoms with van der Waals surface area (Å²) in [6, 6.07) is 9.72. The van der Waals surface area contributed by atoms with Gasteiger partial charge >= 0.3 is 18.0 Å². The fourth-order valence-corrected chi connectivity index (χ4v) is 4.44. The van der Waals surface area contributed by atoms with Crippen molar-refractivity contribution in [1.82, 2.24) is 10.6 Å². The smallest absolute Gasteiger partial charge is 0.408 e. The number of amides is 1. The predicted molar refractivity (Wildman–Crippen MR) is 129 cm³/mol. The standard InChI is InChI=1S/C14H17NO6.C12H23N/c1-20-13(18)11(7-8-12(16)17)15-14(19)21-9-10-5-3-2-4-6-10;1-3-7-11(8-4-1)13-12-9-5-2-6-10-12/h2-6,11H,7-9H2,1H3,(H,15,19)(H,16,17);11-13H,1-10H2/t11-;/m1./s1. The van der Waals surface area contributed by atoms with E-state index in [1.165, 1.54) is 64.2 Å². The van der Waals surface area contributed by atoms with Gasteiger partial charge in [0.2, 0.25) is 0 Å². The van der Waals surface area contributed by atoms with Gasteiger partial charge < -0.3 is 25.2 Å². The molecule has 0 heterocycles. The molecule has 1 atom stereocenters. The number of aliphatic carboxylic acids is 1. The summed E-state index contributed by atoms with van der Waals surface area (Å²) >= 11 is 0. The molecule has 34 heavy (non-hydrogen) atoms. The number of benzene rings is 1. The molecule has 8 nitrogen and oxygen atoms in total. The maximum Gasteiger partial charge on any atom is 0.408 e. The Morgan fingerprint density at radius 2 is 1.50 bits per heavy atom. The first-order chi connectivity index (χ1) is 16.5. The van der Waals surface area contributed by atoms with E-state index in [4.69, 9.17) is 9.84 Å². The molecule has 3 N–H and O–H groups in total. The van der Waals surface area contributed by atoms with Crippen LogP contribution >= 0.6 is 0 Å². The van der Waals surface area contributed by atoms with Crippen LogP contribution in [0.1, 0.15) is 82.6 Å². The molecule has 190 valence electrons. The molecule has 2 saturated carbocycles. The molecule has 0 bridgehead atoms. The van der Waals surface area contributed by atoms with Crippen molar-refractivity contribution in [1.29, 1.82) is 0 Å². The number of ether oxygens (including phenoxy) is 2. The average molecular weight is 477 g/mol. The average Bonchev–Trinajstić information content (AvgIpc) is 2.87. The number of carbonyl (C=O) groups excluding carboxylic acids is 2. The van der Waals surface area contributed by atoms with Gasteiger partial charge in [-0.2, -0.15) is 0 Å². The lowest BCUT2D eigenvalue weighted by Crippen LogP contribution is -2.42. The Bertz CT molecular complexity index is 714. The molecule has 1 aromatic rings. The van der Waals surface area contributed by atoms with Gasteiger partial charge in [-0.3, -0.25) is 4.79 Å². The molecular formula is C26H40N2O6. The summed E-state index contributed by atoms with van der Waals surface area (Å²) < 4.78 is 9.46. The van der Waals surface area contributed by atoms with Crippen LogP contribution in [-0.2, 0) is 25.7 Å². The molecule has 0 spiro atoms. The lowest BCUT2D eigenvalue weighted by atomic mass is 9.91. The van der Waals surface area contributed by atoms with Gasteiger partial charge in [0.1, 0.15) is 12.6 Å². The van der Waals surface area contributed by atoms with Crippen LogP contribution in [0.15, 0.2) is 30.3 Å². The molecule has 0 aliphatic heterocycles. The van der Waals surface area contributed by atoms with Gasteiger partial charge in [-0.15, -0.1) is 0 Å². The molecule has 2 fully saturated rings. The number of nitrogens with one attached hydrogen (secondary N) is 2. The van der Waals surface area contributed by atoms with Crippen molar-refractivity contribution >= 4 is 18.0 Å². The molecule has 0 saturated heterocycles. The van der Waals surface area contributed by atoms with E-state index in [9.17, 15) is 14.4 Å². The van der Waals surface area contributed by atoms with E-state index < -0.39 is 24.1 Å². The Kier molecular flexibility index (Phi) is 13.1. The van der Waals surface area contributed by atoms with Crippen LogP contribution < -0.4 is 10.6 Å². The number of carboxylic acid groups (broad SMARTS) is 1. The highest BCUT2D eigenvalue weighted by atomic mass is 16.6. The Hall–Kier alpha value is -2.61. The topological polar surface area (TPSA) is 114 Å². The van der Waals surface area contributed by atoms with Gasteiger partial charge in [0.05, 0.1) is 7.11 Å². The van der Waals surface area contributed by atoms with Gasteiger partial charge in [-0.1, -0.05) is 68.9 Å². The predicted octanol–water partition coefficient (Wildman–Crippen LogP) is 4.56. The fraction of sp³-hybridized carbons (Fsp3) is 0.654. The van der Waals surface area contributed by atoms with Crippen LogP contribution in [0.25, 0.3) is 0 Å². The first-order valence-corrected chi connectivity index (χ1v) is 12.5. The molecule has 1 aromatic carbocycles. The minimum atomic E-state index is -1.07. The summed E-state index contributed by atoms with van der Waals surface area (Å²) in [5.41, 5.74) is 0.799. The molecule has 0 aromatic heterocycles. The maximum atomic E-state index is 11.6. The van der Waals surface area contributed by atoms with E-state index >= 15 is 0 Å². The highest BCUT2D eigenvalue weighted by Gasteiger charge is 2.23. The van der Waals surface area contributed by atoms with Crippen molar-refractivity contribution in [3.05, 3.63) is 35.9 Å². The van der Waals surface area contributed by atoms with E-state index in [0.717, 1.165) is 24.8 Å². The van der Waals surface area contributed by atoms with E-state index in [2.05, 4.69) is 15.4 Å². The highest BCUT2D eigenvalue weighted by molar-refractivity contribution is 5.81. The summed E-state index contributed by atoms with van der Waals surface area (Å²) in [4.78, 5) is 33.6. The molecule has 0 unspecified atom stereocenters. The van der Waals surface area contributed by atoms with Gasteiger partial charge in [0.15, 0.2) is 0 Å². The number of methoxy groups -OCH3 is 1. The van der Waals surface area contributed by atoms with Crippen molar-refractivity contribution < 1.29 is 29.0 Å². The van der Waals surface area contributed by atoms with Crippen LogP contribution in [0.5, 0.6) is 0 Å². The van der Waals surface area contributed by atoms with Crippen LogP contribution in [0.3, 0.4) is 0 Å². The van der Waals surface area contributed by atoms with Gasteiger partial charge in [0.25, 0.3) is 0 Å². The van der Waals surface area contributed by atoms with Gasteiger partial charge in [-0.05, 0) is 37.7 Å². The first-order valence-electron chi connectivity index (χ1n) is 12.5. The molecule has 2 aliphatic rings. The molecular weight excluding hydrogens is 436 g/mol. The van der Waals surface area contributed by atoms with E-state index in [1.54, 1.807) is 24.3 Å². The van der Waals surface area contributed by atoms with Crippen LogP contribution in [0, 0.1) is 0 Å². The van der Waals surface area contributed by atoms with Crippen molar-refractivity contribution in [3.8, 4) is 0 Å². The van der Waals surface area contributed by atoms with E-state index in [0.29, 0.717) is 0 Å². The van der Waals surface area contributed by atoms with Crippen molar-refractivity contribution in [2.24, 2.45) is 0 Å². The van der Waals surface area contributed by atoms with E-state index in [1.807, 2.05) is 6.07 Å². The quantitative estimate of drug-likeness (QED) is 0.448. The number of carbonyl (C=O) groups is 3. The van der Waals surface area contributed by atoms with Crippen LogP contribution in [-0.4, -0.2) is 48.4 Å². The van der Waals surface area contributed by atoms with Crippen molar-refractivity contribution in [2.75, 3.05) is 7.11 Å². The number of rotatable bonds is 9. The summed E-state index contributed by atoms with van der Waals surface area (Å²) in [7, 11) is 1.16. The summed E-state index contributed by atoms with van der Waals surface area (Å²) in [5, 5.41) is 14.8. The normalized spacial score (nSPS) is 17.6. The summed E-state index contributed by atoms with van der Waals surface area (Å²) in [5.74, 6) is -1.78. The maximum absolute atomic E-state index is 11.6. The first kappa shape index (κ1) is 27.6. The molecule has 0 radical (unpaired) electrons. The number of hydrogen-bond donors (Lipinski definition) is 3. The second-order valence-corrected chi connectivity index (χ2v) is 9.05. The van der Waals surface area contributed by atoms with Crippen LogP contribution in [0.2, 0.25) is 0 Å². The lowest BCUT2D eigenvalue weighted by Gasteiger charge is -2.30. The largest absolute Gasteiger partial charge is 0.481 e. The number of alkyl carbamates (subject to hydrolysis) is 1. The number of carboxylic acids is 1. The molecule has 1 amide bonds. The Labute approximate surface area is 202 Å². The lowest BCUT2D eigenvalue weighted by molar-refractivity contribution is -0.143. The summed E-state index contributed by atoms with van der Waals surface area (Å²) in [6.07, 6.45) is 13.4. The minimum absolute atomic E-state index is 0.0551. The third-order valence-corrected chi connectivity index (χ3v) is 6.32. The Morgan fingerprint density at radius 1 is 0.941 bits per heavy atom. The molecule has 3 rings (SSSR count). The zero-order valence-corrected chi connectivity index (χ0v) is 20.3. The minimum Gasteiger partial charge on any atom is -0.481 e. The van der Waals surface area contributed by atoms with Gasteiger partial charge in [0, 0.05) is 18.5 Å². The summed E-state index contributed by atoms with van der Waals surface area (Å²) in [6.45, 7) is 0.0551. The third-order valence-electron chi connectivity index (χ3n) is 6.32. The monoisotopic (exact) mass is 476 g/mol. The van der Waals surface area contributed by atoms with Crippen LogP contribution in [0.4, 0.5) is 4.79 Å². The molecule has 2 aliphatic carbocycles.